The van der Waals surface area contributed by atoms with E-state index in [2.05, 4.69) is 57.2 Å². The molecule has 0 radical (unpaired) electrons. The lowest BCUT2D eigenvalue weighted by Crippen LogP contribution is -2.30. The Morgan fingerprint density at radius 2 is 0.549 bits per heavy atom. The lowest BCUT2D eigenvalue weighted by atomic mass is 10.0. The second kappa shape index (κ2) is 59.9. The summed E-state index contributed by atoms with van der Waals surface area (Å²) in [7, 11) is 0. The largest absolute Gasteiger partial charge is 0.462 e. The Kier molecular flexibility index (Phi) is 57.7. The predicted molar refractivity (Wildman–Crippen MR) is 307 cm³/mol. The maximum absolute atomic E-state index is 12.7. The molecule has 71 heavy (non-hydrogen) atoms. The van der Waals surface area contributed by atoms with E-state index >= 15 is 0 Å². The maximum atomic E-state index is 12.7. The summed E-state index contributed by atoms with van der Waals surface area (Å²) in [5, 5.41) is 0. The number of carbonyl (C=O) groups excluding carboxylic acids is 3. The molecule has 0 spiro atoms. The summed E-state index contributed by atoms with van der Waals surface area (Å²) >= 11 is 0. The van der Waals surface area contributed by atoms with E-state index in [0.29, 0.717) is 19.3 Å². The van der Waals surface area contributed by atoms with E-state index in [0.717, 1.165) is 70.6 Å². The summed E-state index contributed by atoms with van der Waals surface area (Å²) in [5.41, 5.74) is 0. The van der Waals surface area contributed by atoms with Crippen LogP contribution in [0.25, 0.3) is 0 Å². The van der Waals surface area contributed by atoms with Crippen LogP contribution in [0.5, 0.6) is 0 Å². The van der Waals surface area contributed by atoms with Gasteiger partial charge >= 0.3 is 17.9 Å². The average molecular weight is 996 g/mol. The van der Waals surface area contributed by atoms with Crippen LogP contribution in [0.15, 0.2) is 48.6 Å². The van der Waals surface area contributed by atoms with E-state index in [4.69, 9.17) is 14.2 Å². The summed E-state index contributed by atoms with van der Waals surface area (Å²) < 4.78 is 16.6. The number of hydrogen-bond donors (Lipinski definition) is 0. The zero-order valence-electron chi connectivity index (χ0n) is 47.5. The highest BCUT2D eigenvalue weighted by Crippen LogP contribution is 2.18. The topological polar surface area (TPSA) is 78.9 Å². The molecule has 0 aliphatic carbocycles. The number of carbonyl (C=O) groups is 3. The van der Waals surface area contributed by atoms with Crippen LogP contribution in [-0.4, -0.2) is 37.2 Å². The predicted octanol–water partition coefficient (Wildman–Crippen LogP) is 21.0. The van der Waals surface area contributed by atoms with Gasteiger partial charge in [0, 0.05) is 19.3 Å². The molecule has 414 valence electrons. The van der Waals surface area contributed by atoms with Crippen LogP contribution in [0, 0.1) is 0 Å². The fourth-order valence-corrected chi connectivity index (χ4v) is 9.22. The quantitative estimate of drug-likeness (QED) is 0.0261. The normalized spacial score (nSPS) is 12.3. The molecule has 0 N–H and O–H groups in total. The molecular formula is C65H118O6. The van der Waals surface area contributed by atoms with Gasteiger partial charge in [-0.1, -0.05) is 313 Å². The van der Waals surface area contributed by atoms with Gasteiger partial charge in [0.1, 0.15) is 13.2 Å². The lowest BCUT2D eigenvalue weighted by molar-refractivity contribution is -0.166. The SMILES string of the molecule is CC/C=C\C/C=C\C/C=C\C/C=C\CCC(=O)OC(COC(=O)CCCCCCC)COC(=O)CCCCCCCCCCCCCCCCCCCCCCCCCCCCCCCCCCCCC. The van der Waals surface area contributed by atoms with E-state index in [-0.39, 0.29) is 37.5 Å². The third kappa shape index (κ3) is 58.1. The molecule has 1 atom stereocenters. The third-order valence-electron chi connectivity index (χ3n) is 13.9. The standard InChI is InChI=1S/C65H118O6/c1-4-7-10-13-15-17-19-21-22-23-24-25-26-27-28-29-30-31-32-33-34-35-36-37-38-39-40-41-42-44-45-47-49-52-55-58-64(67)70-61-62(60-69-63(66)57-54-51-12-9-6-3)71-65(68)59-56-53-50-48-46-43-20-18-16-14-11-8-5-2/h8,11,16,18,43,46,50,53,62H,4-7,9-10,12-15,17,19-42,44-45,47-49,51-52,54-61H2,1-3H3/b11-8-,18-16-,46-43-,53-50-. The van der Waals surface area contributed by atoms with Crippen LogP contribution in [-0.2, 0) is 28.6 Å². The molecule has 0 fully saturated rings. The zero-order chi connectivity index (χ0) is 51.4. The van der Waals surface area contributed by atoms with Crippen molar-refractivity contribution in [2.24, 2.45) is 0 Å². The van der Waals surface area contributed by atoms with Crippen molar-refractivity contribution in [1.82, 2.24) is 0 Å². The number of esters is 3. The van der Waals surface area contributed by atoms with Gasteiger partial charge in [0.15, 0.2) is 6.10 Å². The number of allylic oxidation sites excluding steroid dienone is 8. The molecule has 0 aromatic carbocycles. The highest BCUT2D eigenvalue weighted by molar-refractivity contribution is 5.71. The molecule has 0 bridgehead atoms. The van der Waals surface area contributed by atoms with E-state index in [1.807, 2.05) is 12.2 Å². The number of hydrogen-bond acceptors (Lipinski definition) is 6. The second-order valence-electron chi connectivity index (χ2n) is 21.0. The van der Waals surface area contributed by atoms with Crippen molar-refractivity contribution in [3.05, 3.63) is 48.6 Å². The zero-order valence-corrected chi connectivity index (χ0v) is 47.5. The van der Waals surface area contributed by atoms with Crippen molar-refractivity contribution in [2.45, 2.75) is 335 Å². The Bertz CT molecular complexity index is 1230. The summed E-state index contributed by atoms with van der Waals surface area (Å²) in [6, 6.07) is 0. The van der Waals surface area contributed by atoms with Gasteiger partial charge in [0.05, 0.1) is 0 Å². The van der Waals surface area contributed by atoms with Crippen molar-refractivity contribution in [2.75, 3.05) is 13.2 Å². The Balaban J connectivity index is 3.84. The van der Waals surface area contributed by atoms with Crippen LogP contribution < -0.4 is 0 Å². The van der Waals surface area contributed by atoms with Crippen LogP contribution in [0.1, 0.15) is 329 Å². The first-order valence-electron chi connectivity index (χ1n) is 31.1. The summed E-state index contributed by atoms with van der Waals surface area (Å²) in [6.07, 6.45) is 75.1. The molecule has 0 saturated heterocycles. The average Bonchev–Trinajstić information content (AvgIpc) is 3.37. The van der Waals surface area contributed by atoms with Crippen molar-refractivity contribution in [3.63, 3.8) is 0 Å². The Morgan fingerprint density at radius 1 is 0.296 bits per heavy atom. The Morgan fingerprint density at radius 3 is 0.831 bits per heavy atom. The van der Waals surface area contributed by atoms with Gasteiger partial charge in [-0.05, 0) is 44.9 Å². The van der Waals surface area contributed by atoms with Crippen LogP contribution >= 0.6 is 0 Å². The lowest BCUT2D eigenvalue weighted by Gasteiger charge is -2.18. The summed E-state index contributed by atoms with van der Waals surface area (Å²) in [4.78, 5) is 37.7. The molecular weight excluding hydrogens is 877 g/mol. The van der Waals surface area contributed by atoms with Crippen molar-refractivity contribution < 1.29 is 28.6 Å². The number of unbranched alkanes of at least 4 members (excludes halogenated alkanes) is 38. The molecule has 0 saturated carbocycles. The molecule has 6 heteroatoms. The molecule has 0 aliphatic heterocycles. The first kappa shape index (κ1) is 68.4. The monoisotopic (exact) mass is 995 g/mol. The van der Waals surface area contributed by atoms with Crippen molar-refractivity contribution >= 4 is 17.9 Å². The number of rotatable bonds is 57. The minimum absolute atomic E-state index is 0.0992. The molecule has 0 aromatic heterocycles. The molecule has 0 amide bonds. The molecule has 1 unspecified atom stereocenters. The van der Waals surface area contributed by atoms with E-state index < -0.39 is 6.10 Å². The second-order valence-corrected chi connectivity index (χ2v) is 21.0. The maximum Gasteiger partial charge on any atom is 0.306 e. The summed E-state index contributed by atoms with van der Waals surface area (Å²) in [5.74, 6) is -0.986. The smallest absolute Gasteiger partial charge is 0.306 e. The number of ether oxygens (including phenoxy) is 3. The molecule has 0 rings (SSSR count). The van der Waals surface area contributed by atoms with E-state index in [1.165, 1.54) is 212 Å². The van der Waals surface area contributed by atoms with Gasteiger partial charge < -0.3 is 14.2 Å². The van der Waals surface area contributed by atoms with Crippen LogP contribution in [0.3, 0.4) is 0 Å². The van der Waals surface area contributed by atoms with Gasteiger partial charge in [-0.15, -0.1) is 0 Å². The van der Waals surface area contributed by atoms with E-state index in [1.54, 1.807) is 0 Å². The minimum atomic E-state index is -0.805. The van der Waals surface area contributed by atoms with Crippen LogP contribution in [0.4, 0.5) is 0 Å². The molecule has 0 aromatic rings. The third-order valence-corrected chi connectivity index (χ3v) is 13.9. The van der Waals surface area contributed by atoms with Crippen LogP contribution in [0.2, 0.25) is 0 Å². The highest BCUT2D eigenvalue weighted by atomic mass is 16.6. The highest BCUT2D eigenvalue weighted by Gasteiger charge is 2.19. The first-order chi connectivity index (χ1) is 35.0. The van der Waals surface area contributed by atoms with E-state index in [9.17, 15) is 14.4 Å². The molecule has 0 aliphatic rings. The molecule has 6 nitrogen and oxygen atoms in total. The fraction of sp³-hybridized carbons (Fsp3) is 0.831. The first-order valence-corrected chi connectivity index (χ1v) is 31.1. The van der Waals surface area contributed by atoms with Crippen molar-refractivity contribution in [1.29, 1.82) is 0 Å². The summed E-state index contributed by atoms with van der Waals surface area (Å²) in [6.45, 7) is 6.41. The Hall–Kier alpha value is -2.63. The van der Waals surface area contributed by atoms with Gasteiger partial charge in [-0.3, -0.25) is 14.4 Å². The fourth-order valence-electron chi connectivity index (χ4n) is 9.22. The minimum Gasteiger partial charge on any atom is -0.462 e. The van der Waals surface area contributed by atoms with Gasteiger partial charge in [-0.2, -0.15) is 0 Å². The van der Waals surface area contributed by atoms with Gasteiger partial charge in [-0.25, -0.2) is 0 Å². The van der Waals surface area contributed by atoms with Crippen molar-refractivity contribution in [3.8, 4) is 0 Å². The Labute approximate surface area is 441 Å². The van der Waals surface area contributed by atoms with Gasteiger partial charge in [0.2, 0.25) is 0 Å². The molecule has 0 heterocycles. The van der Waals surface area contributed by atoms with Gasteiger partial charge in [0.25, 0.3) is 0 Å².